The first kappa shape index (κ1) is 12.9. The van der Waals surface area contributed by atoms with Crippen LogP contribution in [0.5, 0.6) is 0 Å². The number of benzene rings is 2. The third-order valence-corrected chi connectivity index (χ3v) is 4.16. The lowest BCUT2D eigenvalue weighted by Gasteiger charge is -2.20. The topological polar surface area (TPSA) is 63.3 Å². The van der Waals surface area contributed by atoms with Gasteiger partial charge in [-0.05, 0) is 34.2 Å². The molecule has 102 valence electrons. The zero-order valence-corrected chi connectivity index (χ0v) is 11.3. The third kappa shape index (κ3) is 1.91. The Bertz CT molecular complexity index is 678. The molecule has 1 aliphatic carbocycles. The van der Waals surface area contributed by atoms with Crippen LogP contribution in [-0.4, -0.2) is 17.1 Å². The van der Waals surface area contributed by atoms with Gasteiger partial charge in [-0.15, -0.1) is 0 Å². The van der Waals surface area contributed by atoms with Gasteiger partial charge in [-0.1, -0.05) is 49.4 Å². The third-order valence-electron chi connectivity index (χ3n) is 4.16. The van der Waals surface area contributed by atoms with Gasteiger partial charge in [-0.3, -0.25) is 4.79 Å². The fraction of sp³-hybridized carbons (Fsp3) is 0.235. The van der Waals surface area contributed by atoms with Crippen LogP contribution in [0.4, 0.5) is 0 Å². The minimum atomic E-state index is -0.957. The summed E-state index contributed by atoms with van der Waals surface area (Å²) in [7, 11) is 0. The molecule has 0 radical (unpaired) electrons. The standard InChI is InChI=1S/C17H17NO2/c1-10(16(18)17(19)20)13-8-4-6-12-9-11-5-2-3-7-14(11)15(12)13/h2-8,10,16H,9,18H2,1H3,(H,19,20). The van der Waals surface area contributed by atoms with Crippen LogP contribution in [-0.2, 0) is 11.2 Å². The molecule has 20 heavy (non-hydrogen) atoms. The van der Waals surface area contributed by atoms with E-state index in [0.717, 1.165) is 12.0 Å². The van der Waals surface area contributed by atoms with E-state index in [1.54, 1.807) is 0 Å². The molecule has 3 N–H and O–H groups in total. The molecule has 2 atom stereocenters. The number of carboxylic acid groups (broad SMARTS) is 1. The number of nitrogens with two attached hydrogens (primary N) is 1. The summed E-state index contributed by atoms with van der Waals surface area (Å²) in [4.78, 5) is 11.1. The zero-order chi connectivity index (χ0) is 14.3. The van der Waals surface area contributed by atoms with E-state index in [4.69, 9.17) is 10.8 Å². The monoisotopic (exact) mass is 267 g/mol. The Hall–Kier alpha value is -2.13. The van der Waals surface area contributed by atoms with Gasteiger partial charge in [0, 0.05) is 5.92 Å². The van der Waals surface area contributed by atoms with Crippen molar-refractivity contribution in [2.75, 3.05) is 0 Å². The van der Waals surface area contributed by atoms with Crippen molar-refractivity contribution in [1.82, 2.24) is 0 Å². The van der Waals surface area contributed by atoms with E-state index in [1.807, 2.05) is 31.2 Å². The molecule has 0 aliphatic heterocycles. The van der Waals surface area contributed by atoms with Gasteiger partial charge < -0.3 is 10.8 Å². The van der Waals surface area contributed by atoms with Crippen molar-refractivity contribution in [3.63, 3.8) is 0 Å². The van der Waals surface area contributed by atoms with Crippen LogP contribution in [0.3, 0.4) is 0 Å². The van der Waals surface area contributed by atoms with Gasteiger partial charge in [-0.25, -0.2) is 0 Å². The predicted molar refractivity (Wildman–Crippen MR) is 78.7 cm³/mol. The quantitative estimate of drug-likeness (QED) is 0.767. The number of fused-ring (bicyclic) bond motifs is 3. The second-order valence-corrected chi connectivity index (χ2v) is 5.37. The van der Waals surface area contributed by atoms with Gasteiger partial charge in [0.25, 0.3) is 0 Å². The van der Waals surface area contributed by atoms with Crippen LogP contribution in [0.15, 0.2) is 42.5 Å². The zero-order valence-electron chi connectivity index (χ0n) is 11.3. The summed E-state index contributed by atoms with van der Waals surface area (Å²) in [6.45, 7) is 1.88. The molecule has 0 spiro atoms. The molecule has 3 rings (SSSR count). The number of rotatable bonds is 3. The molecule has 0 saturated heterocycles. The van der Waals surface area contributed by atoms with E-state index in [9.17, 15) is 4.79 Å². The van der Waals surface area contributed by atoms with Gasteiger partial charge in [0.15, 0.2) is 0 Å². The smallest absolute Gasteiger partial charge is 0.321 e. The molecule has 0 saturated carbocycles. The van der Waals surface area contributed by atoms with Gasteiger partial charge in [-0.2, -0.15) is 0 Å². The molecule has 2 aromatic carbocycles. The van der Waals surface area contributed by atoms with E-state index in [0.29, 0.717) is 0 Å². The summed E-state index contributed by atoms with van der Waals surface area (Å²) >= 11 is 0. The SMILES string of the molecule is CC(c1cccc2c1-c1ccccc1C2)C(N)C(=O)O. The van der Waals surface area contributed by atoms with Crippen LogP contribution in [0, 0.1) is 0 Å². The fourth-order valence-electron chi connectivity index (χ4n) is 3.01. The summed E-state index contributed by atoms with van der Waals surface area (Å²) in [6, 6.07) is 13.5. The Morgan fingerprint density at radius 3 is 2.60 bits per heavy atom. The largest absolute Gasteiger partial charge is 0.480 e. The van der Waals surface area contributed by atoms with Crippen LogP contribution in [0.2, 0.25) is 0 Å². The van der Waals surface area contributed by atoms with E-state index in [2.05, 4.69) is 18.2 Å². The lowest BCUT2D eigenvalue weighted by atomic mass is 9.87. The fourth-order valence-corrected chi connectivity index (χ4v) is 3.01. The van der Waals surface area contributed by atoms with E-state index in [1.165, 1.54) is 22.3 Å². The van der Waals surface area contributed by atoms with Crippen molar-refractivity contribution < 1.29 is 9.90 Å². The molecule has 2 aromatic rings. The summed E-state index contributed by atoms with van der Waals surface area (Å²) in [5, 5.41) is 9.13. The second kappa shape index (κ2) is 4.76. The van der Waals surface area contributed by atoms with Gasteiger partial charge in [0.2, 0.25) is 0 Å². The first-order valence-electron chi connectivity index (χ1n) is 6.78. The maximum absolute atomic E-state index is 11.1. The normalized spacial score (nSPS) is 15.3. The summed E-state index contributed by atoms with van der Waals surface area (Å²) in [5.41, 5.74) is 11.8. The average molecular weight is 267 g/mol. The molecule has 1 aliphatic rings. The molecule has 0 amide bonds. The molecular formula is C17H17NO2. The van der Waals surface area contributed by atoms with Crippen molar-refractivity contribution in [3.05, 3.63) is 59.2 Å². The Morgan fingerprint density at radius 2 is 1.85 bits per heavy atom. The van der Waals surface area contributed by atoms with Crippen LogP contribution in [0.1, 0.15) is 29.5 Å². The molecular weight excluding hydrogens is 250 g/mol. The first-order chi connectivity index (χ1) is 9.59. The lowest BCUT2D eigenvalue weighted by Crippen LogP contribution is -2.35. The molecule has 0 aromatic heterocycles. The van der Waals surface area contributed by atoms with Crippen LogP contribution in [0.25, 0.3) is 11.1 Å². The Balaban J connectivity index is 2.13. The first-order valence-corrected chi connectivity index (χ1v) is 6.78. The van der Waals surface area contributed by atoms with Gasteiger partial charge in [0.1, 0.15) is 6.04 Å². The summed E-state index contributed by atoms with van der Waals surface area (Å²) < 4.78 is 0. The van der Waals surface area contributed by atoms with Crippen LogP contribution >= 0.6 is 0 Å². The number of hydrogen-bond donors (Lipinski definition) is 2. The van der Waals surface area contributed by atoms with Crippen molar-refractivity contribution in [2.45, 2.75) is 25.3 Å². The molecule has 3 heteroatoms. The maximum atomic E-state index is 11.1. The number of carbonyl (C=O) groups is 1. The van der Waals surface area contributed by atoms with Crippen molar-refractivity contribution >= 4 is 5.97 Å². The maximum Gasteiger partial charge on any atom is 0.321 e. The Labute approximate surface area is 118 Å². The number of hydrogen-bond acceptors (Lipinski definition) is 2. The van der Waals surface area contributed by atoms with Gasteiger partial charge in [0.05, 0.1) is 0 Å². The van der Waals surface area contributed by atoms with Crippen molar-refractivity contribution in [1.29, 1.82) is 0 Å². The summed E-state index contributed by atoms with van der Waals surface area (Å²) in [6.07, 6.45) is 0.911. The predicted octanol–water partition coefficient (Wildman–Crippen LogP) is 2.77. The molecule has 0 bridgehead atoms. The van der Waals surface area contributed by atoms with Crippen molar-refractivity contribution in [2.24, 2.45) is 5.73 Å². The molecule has 0 heterocycles. The highest BCUT2D eigenvalue weighted by Crippen LogP contribution is 2.41. The highest BCUT2D eigenvalue weighted by atomic mass is 16.4. The minimum absolute atomic E-state index is 0.214. The van der Waals surface area contributed by atoms with Gasteiger partial charge >= 0.3 is 5.97 Å². The highest BCUT2D eigenvalue weighted by Gasteiger charge is 2.28. The second-order valence-electron chi connectivity index (χ2n) is 5.37. The number of carboxylic acids is 1. The van der Waals surface area contributed by atoms with E-state index < -0.39 is 12.0 Å². The molecule has 2 unspecified atom stereocenters. The Morgan fingerprint density at radius 1 is 1.15 bits per heavy atom. The molecule has 3 nitrogen and oxygen atoms in total. The Kier molecular flexibility index (Phi) is 3.07. The molecule has 0 fully saturated rings. The van der Waals surface area contributed by atoms with Crippen LogP contribution < -0.4 is 5.73 Å². The van der Waals surface area contributed by atoms with E-state index in [-0.39, 0.29) is 5.92 Å². The lowest BCUT2D eigenvalue weighted by molar-refractivity contribution is -0.138. The highest BCUT2D eigenvalue weighted by molar-refractivity contribution is 5.81. The summed E-state index contributed by atoms with van der Waals surface area (Å²) in [5.74, 6) is -1.17. The van der Waals surface area contributed by atoms with E-state index >= 15 is 0 Å². The number of aliphatic carboxylic acids is 1. The minimum Gasteiger partial charge on any atom is -0.480 e. The van der Waals surface area contributed by atoms with Crippen molar-refractivity contribution in [3.8, 4) is 11.1 Å². The average Bonchev–Trinajstić information content (AvgIpc) is 2.84.